The van der Waals surface area contributed by atoms with Gasteiger partial charge < -0.3 is 4.65 Å². The average Bonchev–Trinajstić information content (AvgIpc) is 2.81. The van der Waals surface area contributed by atoms with Gasteiger partial charge in [-0.05, 0) is 35.3 Å². The molecule has 0 saturated heterocycles. The lowest BCUT2D eigenvalue weighted by Gasteiger charge is -2.09. The number of nitrogens with zero attached hydrogens (tertiary/aromatic N) is 1. The minimum Gasteiger partial charge on any atom is -0.427 e. The van der Waals surface area contributed by atoms with Gasteiger partial charge in [0.2, 0.25) is 0 Å². The number of nitrogens with one attached hydrogen (secondary N) is 1. The number of anilines is 1. The Morgan fingerprint density at radius 3 is 2.95 bits per heavy atom. The summed E-state index contributed by atoms with van der Waals surface area (Å²) in [5.74, 6) is 0. The second-order valence-corrected chi connectivity index (χ2v) is 6.34. The third-order valence-electron chi connectivity index (χ3n) is 3.27. The Hall–Kier alpha value is -1.86. The lowest BCUT2D eigenvalue weighted by Crippen LogP contribution is -2.25. The van der Waals surface area contributed by atoms with E-state index in [1.54, 1.807) is 12.1 Å². The molecule has 1 aliphatic heterocycles. The van der Waals surface area contributed by atoms with E-state index in [1.807, 2.05) is 19.0 Å². The fourth-order valence-corrected chi connectivity index (χ4v) is 3.21. The summed E-state index contributed by atoms with van der Waals surface area (Å²) in [7, 11) is -3.60. The first-order chi connectivity index (χ1) is 9.56. The van der Waals surface area contributed by atoms with E-state index in [0.717, 1.165) is 11.0 Å². The van der Waals surface area contributed by atoms with Crippen molar-refractivity contribution in [3.63, 3.8) is 0 Å². The molecule has 0 spiro atoms. The molecule has 2 heterocycles. The van der Waals surface area contributed by atoms with Crippen molar-refractivity contribution in [3.8, 4) is 0 Å². The minimum atomic E-state index is -3.60. The van der Waals surface area contributed by atoms with Crippen LogP contribution in [-0.2, 0) is 21.3 Å². The molecule has 7 heteroatoms. The highest BCUT2D eigenvalue weighted by Gasteiger charge is 2.24. The number of fused-ring (bicyclic) bond motifs is 1. The predicted octanol–water partition coefficient (Wildman–Crippen LogP) is 1.24. The maximum absolute atomic E-state index is 12.2. The molecule has 0 unspecified atom stereocenters. The number of rotatable bonds is 3. The molecule has 0 saturated carbocycles. The van der Waals surface area contributed by atoms with Gasteiger partial charge in [-0.25, -0.2) is 8.42 Å². The highest BCUT2D eigenvalue weighted by Crippen LogP contribution is 2.18. The van der Waals surface area contributed by atoms with Crippen molar-refractivity contribution in [3.05, 3.63) is 48.3 Å². The summed E-state index contributed by atoms with van der Waals surface area (Å²) in [6, 6.07) is 8.55. The predicted molar refractivity (Wildman–Crippen MR) is 77.5 cm³/mol. The Balaban J connectivity index is 1.91. The summed E-state index contributed by atoms with van der Waals surface area (Å²) < 4.78 is 32.5. The van der Waals surface area contributed by atoms with Crippen LogP contribution in [-0.4, -0.2) is 20.3 Å². The number of hydrogen-bond donors (Lipinski definition) is 1. The van der Waals surface area contributed by atoms with Gasteiger partial charge in [-0.3, -0.25) is 9.71 Å². The Labute approximate surface area is 118 Å². The normalized spacial score (nSPS) is 14.2. The molecule has 0 aliphatic carbocycles. The fraction of sp³-hybridized carbons (Fsp3) is 0.154. The molecular formula is C13H13BN2O3S. The van der Waals surface area contributed by atoms with Gasteiger partial charge in [0.1, 0.15) is 4.90 Å². The number of hydrogen-bond acceptors (Lipinski definition) is 4. The molecule has 1 aromatic carbocycles. The van der Waals surface area contributed by atoms with Crippen LogP contribution >= 0.6 is 0 Å². The van der Waals surface area contributed by atoms with Crippen molar-refractivity contribution in [1.82, 2.24) is 4.98 Å². The minimum absolute atomic E-state index is 0.00662. The van der Waals surface area contributed by atoms with Crippen LogP contribution in [0, 0.1) is 0 Å². The second kappa shape index (κ2) is 4.92. The number of aromatic nitrogens is 1. The van der Waals surface area contributed by atoms with Crippen LogP contribution in [0.1, 0.15) is 5.56 Å². The van der Waals surface area contributed by atoms with E-state index in [2.05, 4.69) is 9.71 Å². The van der Waals surface area contributed by atoms with Gasteiger partial charge in [0, 0.05) is 18.1 Å². The summed E-state index contributed by atoms with van der Waals surface area (Å²) in [6.45, 7) is 2.52. The molecule has 1 aromatic heterocycles. The van der Waals surface area contributed by atoms with Crippen LogP contribution in [0.2, 0.25) is 6.82 Å². The van der Waals surface area contributed by atoms with Crippen molar-refractivity contribution in [2.45, 2.75) is 18.3 Å². The van der Waals surface area contributed by atoms with Gasteiger partial charge in [-0.2, -0.15) is 0 Å². The van der Waals surface area contributed by atoms with E-state index in [1.165, 1.54) is 18.5 Å². The van der Waals surface area contributed by atoms with Crippen LogP contribution in [0.3, 0.4) is 0 Å². The average molecular weight is 288 g/mol. The third kappa shape index (κ3) is 2.42. The topological polar surface area (TPSA) is 68.3 Å². The third-order valence-corrected chi connectivity index (χ3v) is 4.64. The maximum Gasteiger partial charge on any atom is 0.324 e. The van der Waals surface area contributed by atoms with E-state index in [-0.39, 0.29) is 11.8 Å². The van der Waals surface area contributed by atoms with Crippen LogP contribution in [0.4, 0.5) is 5.69 Å². The van der Waals surface area contributed by atoms with Gasteiger partial charge in [0.05, 0.1) is 6.61 Å². The summed E-state index contributed by atoms with van der Waals surface area (Å²) in [4.78, 5) is 3.97. The Morgan fingerprint density at radius 2 is 2.20 bits per heavy atom. The standard InChI is InChI=1S/C13H13BN2O3S/c1-14-13-7-11(5-4-10(13)9-19-14)16-20(17,18)12-3-2-6-15-8-12/h2-8,16H,9H2,1H3. The Kier molecular flexibility index (Phi) is 3.23. The molecule has 2 aromatic rings. The fourth-order valence-electron chi connectivity index (χ4n) is 2.19. The maximum atomic E-state index is 12.2. The van der Waals surface area contributed by atoms with Crippen molar-refractivity contribution in [1.29, 1.82) is 0 Å². The largest absolute Gasteiger partial charge is 0.427 e. The lowest BCUT2D eigenvalue weighted by molar-refractivity contribution is 0.333. The highest BCUT2D eigenvalue weighted by molar-refractivity contribution is 7.92. The molecule has 1 N–H and O–H groups in total. The highest BCUT2D eigenvalue weighted by atomic mass is 32.2. The molecule has 5 nitrogen and oxygen atoms in total. The smallest absolute Gasteiger partial charge is 0.324 e. The Bertz CT molecular complexity index is 735. The zero-order valence-electron chi connectivity index (χ0n) is 10.9. The summed E-state index contributed by atoms with van der Waals surface area (Å²) in [5.41, 5.74) is 2.66. The lowest BCUT2D eigenvalue weighted by atomic mass is 9.64. The summed E-state index contributed by atoms with van der Waals surface area (Å²) in [5, 5.41) is 0. The van der Waals surface area contributed by atoms with Crippen molar-refractivity contribution in [2.75, 3.05) is 4.72 Å². The van der Waals surface area contributed by atoms with Gasteiger partial charge in [-0.1, -0.05) is 12.9 Å². The molecule has 20 heavy (non-hydrogen) atoms. The van der Waals surface area contributed by atoms with Crippen molar-refractivity contribution in [2.24, 2.45) is 0 Å². The van der Waals surface area contributed by atoms with Crippen molar-refractivity contribution >= 4 is 28.1 Å². The van der Waals surface area contributed by atoms with E-state index in [4.69, 9.17) is 4.65 Å². The Morgan fingerprint density at radius 1 is 1.35 bits per heavy atom. The molecule has 0 amide bonds. The molecular weight excluding hydrogens is 275 g/mol. The zero-order valence-corrected chi connectivity index (χ0v) is 11.7. The molecule has 0 fully saturated rings. The van der Waals surface area contributed by atoms with E-state index < -0.39 is 10.0 Å². The summed E-state index contributed by atoms with van der Waals surface area (Å²) >= 11 is 0. The molecule has 102 valence electrons. The van der Waals surface area contributed by atoms with Gasteiger partial charge in [0.25, 0.3) is 10.0 Å². The van der Waals surface area contributed by atoms with E-state index in [0.29, 0.717) is 12.3 Å². The SMILES string of the molecule is CB1OCc2ccc(NS(=O)(=O)c3cccnc3)cc21. The number of sulfonamides is 1. The van der Waals surface area contributed by atoms with Crippen LogP contribution in [0.5, 0.6) is 0 Å². The van der Waals surface area contributed by atoms with Crippen LogP contribution < -0.4 is 10.2 Å². The molecule has 0 radical (unpaired) electrons. The second-order valence-electron chi connectivity index (χ2n) is 4.66. The van der Waals surface area contributed by atoms with Crippen LogP contribution in [0.25, 0.3) is 0 Å². The van der Waals surface area contributed by atoms with Gasteiger partial charge in [-0.15, -0.1) is 0 Å². The zero-order chi connectivity index (χ0) is 14.2. The van der Waals surface area contributed by atoms with E-state index >= 15 is 0 Å². The first-order valence-electron chi connectivity index (χ1n) is 6.23. The molecule has 3 rings (SSSR count). The quantitative estimate of drug-likeness (QED) is 0.863. The molecule has 0 atom stereocenters. The molecule has 0 bridgehead atoms. The van der Waals surface area contributed by atoms with Crippen LogP contribution in [0.15, 0.2) is 47.6 Å². The monoisotopic (exact) mass is 288 g/mol. The summed E-state index contributed by atoms with van der Waals surface area (Å²) in [6.07, 6.45) is 2.86. The van der Waals surface area contributed by atoms with Crippen molar-refractivity contribution < 1.29 is 13.1 Å². The first-order valence-corrected chi connectivity index (χ1v) is 7.72. The number of benzene rings is 1. The first kappa shape index (κ1) is 13.1. The molecule has 1 aliphatic rings. The van der Waals surface area contributed by atoms with E-state index in [9.17, 15) is 8.42 Å². The van der Waals surface area contributed by atoms with Gasteiger partial charge >= 0.3 is 6.92 Å². The van der Waals surface area contributed by atoms with Gasteiger partial charge in [0.15, 0.2) is 0 Å². The number of pyridine rings is 1.